The van der Waals surface area contributed by atoms with Crippen molar-refractivity contribution in [1.29, 1.82) is 0 Å². The zero-order valence-electron chi connectivity index (χ0n) is 10.6. The van der Waals surface area contributed by atoms with E-state index in [9.17, 15) is 4.79 Å². The van der Waals surface area contributed by atoms with Gasteiger partial charge >= 0.3 is 0 Å². The van der Waals surface area contributed by atoms with Crippen LogP contribution < -0.4 is 11.3 Å². The minimum Gasteiger partial charge on any atom is -0.369 e. The first-order valence-corrected chi connectivity index (χ1v) is 6.02. The number of nitrogens with two attached hydrogens (primary N) is 1. The Labute approximate surface area is 114 Å². The molecule has 2 aromatic heterocycles. The number of anilines is 1. The van der Waals surface area contributed by atoms with Gasteiger partial charge in [0.25, 0.3) is 5.56 Å². The van der Waals surface area contributed by atoms with Crippen molar-refractivity contribution in [3.63, 3.8) is 0 Å². The Morgan fingerprint density at radius 2 is 2.20 bits per heavy atom. The summed E-state index contributed by atoms with van der Waals surface area (Å²) in [6.45, 7) is 6.11. The molecule has 0 spiro atoms. The molecule has 0 unspecified atom stereocenters. The van der Waals surface area contributed by atoms with Gasteiger partial charge in [-0.1, -0.05) is 36.9 Å². The molecule has 0 atom stereocenters. The van der Waals surface area contributed by atoms with E-state index in [0.717, 1.165) is 11.1 Å². The van der Waals surface area contributed by atoms with E-state index in [-0.39, 0.29) is 17.0 Å². The minimum absolute atomic E-state index is 0.0722. The maximum Gasteiger partial charge on any atom is 0.280 e. The Kier molecular flexibility index (Phi) is 2.83. The number of hydrogen-bond acceptors (Lipinski definition) is 4. The van der Waals surface area contributed by atoms with E-state index in [1.807, 2.05) is 24.3 Å². The summed E-state index contributed by atoms with van der Waals surface area (Å²) in [4.78, 5) is 22.3. The van der Waals surface area contributed by atoms with Crippen molar-refractivity contribution < 1.29 is 0 Å². The second kappa shape index (κ2) is 4.65. The van der Waals surface area contributed by atoms with Crippen LogP contribution in [0, 0.1) is 6.58 Å². The molecule has 6 nitrogen and oxygen atoms in total. The van der Waals surface area contributed by atoms with Crippen molar-refractivity contribution in [3.8, 4) is 0 Å². The summed E-state index contributed by atoms with van der Waals surface area (Å²) in [5, 5.41) is 0. The van der Waals surface area contributed by atoms with E-state index < -0.39 is 0 Å². The van der Waals surface area contributed by atoms with Gasteiger partial charge in [-0.2, -0.15) is 4.98 Å². The fraction of sp³-hybridized carbons (Fsp3) is 0.0714. The van der Waals surface area contributed by atoms with Crippen LogP contribution in [0.4, 0.5) is 5.95 Å². The highest BCUT2D eigenvalue weighted by Crippen LogP contribution is 2.14. The molecule has 6 heteroatoms. The van der Waals surface area contributed by atoms with Gasteiger partial charge < -0.3 is 10.3 Å². The number of aromatic amines is 1. The molecular weight excluding hydrogens is 254 g/mol. The van der Waals surface area contributed by atoms with Crippen LogP contribution in [0.1, 0.15) is 11.1 Å². The van der Waals surface area contributed by atoms with Crippen LogP contribution in [0.25, 0.3) is 17.2 Å². The average Bonchev–Trinajstić information content (AvgIpc) is 2.83. The Morgan fingerprint density at radius 3 is 3.00 bits per heavy atom. The number of hydrogen-bond donors (Lipinski definition) is 2. The SMILES string of the molecule is [CH]=Cc1ccccc1Cn1cnc2c(=O)[nH]c(N)nc21. The molecule has 3 aromatic rings. The van der Waals surface area contributed by atoms with E-state index in [1.165, 1.54) is 0 Å². The molecule has 0 fully saturated rings. The van der Waals surface area contributed by atoms with Crippen LogP contribution in [0.5, 0.6) is 0 Å². The molecule has 0 bridgehead atoms. The maximum absolute atomic E-state index is 11.7. The van der Waals surface area contributed by atoms with Crippen LogP contribution in [0.2, 0.25) is 0 Å². The zero-order chi connectivity index (χ0) is 14.1. The second-order valence-corrected chi connectivity index (χ2v) is 4.36. The van der Waals surface area contributed by atoms with Crippen molar-refractivity contribution in [2.24, 2.45) is 0 Å². The first-order valence-electron chi connectivity index (χ1n) is 6.02. The third-order valence-electron chi connectivity index (χ3n) is 3.07. The summed E-state index contributed by atoms with van der Waals surface area (Å²) in [7, 11) is 0. The summed E-state index contributed by atoms with van der Waals surface area (Å²) >= 11 is 0. The van der Waals surface area contributed by atoms with Crippen LogP contribution >= 0.6 is 0 Å². The molecule has 2 heterocycles. The Morgan fingerprint density at radius 1 is 1.40 bits per heavy atom. The summed E-state index contributed by atoms with van der Waals surface area (Å²) in [6.07, 6.45) is 3.11. The molecular formula is C14H12N5O. The lowest BCUT2D eigenvalue weighted by atomic mass is 10.1. The van der Waals surface area contributed by atoms with Crippen LogP contribution in [0.3, 0.4) is 0 Å². The number of nitrogens with one attached hydrogen (secondary N) is 1. The third-order valence-corrected chi connectivity index (χ3v) is 3.07. The van der Waals surface area contributed by atoms with E-state index >= 15 is 0 Å². The Balaban J connectivity index is 2.12. The fourth-order valence-corrected chi connectivity index (χ4v) is 2.11. The predicted molar refractivity (Wildman–Crippen MR) is 76.9 cm³/mol. The molecule has 1 radical (unpaired) electrons. The summed E-state index contributed by atoms with van der Waals surface area (Å²) in [6, 6.07) is 7.72. The largest absolute Gasteiger partial charge is 0.369 e. The topological polar surface area (TPSA) is 89.6 Å². The zero-order valence-corrected chi connectivity index (χ0v) is 10.6. The van der Waals surface area contributed by atoms with Crippen molar-refractivity contribution in [1.82, 2.24) is 19.5 Å². The van der Waals surface area contributed by atoms with Gasteiger partial charge in [-0.15, -0.1) is 0 Å². The molecule has 0 aliphatic heterocycles. The number of nitrogen functional groups attached to an aromatic ring is 1. The Bertz CT molecular complexity index is 846. The van der Waals surface area contributed by atoms with Crippen molar-refractivity contribution in [2.45, 2.75) is 6.54 Å². The smallest absolute Gasteiger partial charge is 0.280 e. The van der Waals surface area contributed by atoms with E-state index in [0.29, 0.717) is 12.2 Å². The lowest BCUT2D eigenvalue weighted by Crippen LogP contribution is -2.12. The van der Waals surface area contributed by atoms with Crippen LogP contribution in [0.15, 0.2) is 35.4 Å². The first kappa shape index (κ1) is 12.2. The molecule has 1 aromatic carbocycles. The summed E-state index contributed by atoms with van der Waals surface area (Å²) in [5.74, 6) is 0.0722. The quantitative estimate of drug-likeness (QED) is 0.745. The lowest BCUT2D eigenvalue weighted by Gasteiger charge is -2.07. The van der Waals surface area contributed by atoms with Crippen molar-refractivity contribution in [2.75, 3.05) is 5.73 Å². The minimum atomic E-state index is -0.343. The van der Waals surface area contributed by atoms with E-state index in [4.69, 9.17) is 12.3 Å². The molecule has 0 aliphatic carbocycles. The molecule has 0 aliphatic rings. The van der Waals surface area contributed by atoms with Gasteiger partial charge in [-0.25, -0.2) is 4.98 Å². The molecule has 0 saturated heterocycles. The highest BCUT2D eigenvalue weighted by Gasteiger charge is 2.10. The highest BCUT2D eigenvalue weighted by molar-refractivity contribution is 5.70. The first-order chi connectivity index (χ1) is 9.69. The maximum atomic E-state index is 11.7. The molecule has 0 saturated carbocycles. The molecule has 3 N–H and O–H groups in total. The van der Waals surface area contributed by atoms with E-state index in [1.54, 1.807) is 17.0 Å². The number of rotatable bonds is 3. The number of nitrogens with zero attached hydrogens (tertiary/aromatic N) is 3. The average molecular weight is 266 g/mol. The lowest BCUT2D eigenvalue weighted by molar-refractivity contribution is 0.812. The number of aromatic nitrogens is 4. The Hall–Kier alpha value is -2.89. The van der Waals surface area contributed by atoms with Gasteiger partial charge in [0.15, 0.2) is 11.2 Å². The van der Waals surface area contributed by atoms with E-state index in [2.05, 4.69) is 15.0 Å². The predicted octanol–water partition coefficient (Wildman–Crippen LogP) is 1.20. The van der Waals surface area contributed by atoms with Gasteiger partial charge in [0.1, 0.15) is 0 Å². The van der Waals surface area contributed by atoms with Gasteiger partial charge in [0, 0.05) is 0 Å². The summed E-state index contributed by atoms with van der Waals surface area (Å²) in [5.41, 5.74) is 7.89. The van der Waals surface area contributed by atoms with Crippen LogP contribution in [-0.2, 0) is 6.54 Å². The number of H-pyrrole nitrogens is 1. The van der Waals surface area contributed by atoms with Gasteiger partial charge in [-0.3, -0.25) is 9.78 Å². The van der Waals surface area contributed by atoms with Crippen molar-refractivity contribution >= 4 is 23.2 Å². The third kappa shape index (κ3) is 1.97. The standard InChI is InChI=1S/C14H12N5O/c1-2-9-5-3-4-6-10(9)7-19-8-16-11-12(19)17-14(15)18-13(11)20/h1-6,8H,7H2,(H3,15,17,18,20). The molecule has 99 valence electrons. The molecule has 20 heavy (non-hydrogen) atoms. The number of benzene rings is 1. The summed E-state index contributed by atoms with van der Waals surface area (Å²) < 4.78 is 1.77. The van der Waals surface area contributed by atoms with Gasteiger partial charge in [0.05, 0.1) is 12.9 Å². The normalized spacial score (nSPS) is 10.8. The van der Waals surface area contributed by atoms with Gasteiger partial charge in [0.2, 0.25) is 5.95 Å². The van der Waals surface area contributed by atoms with Crippen LogP contribution in [-0.4, -0.2) is 19.5 Å². The number of imidazole rings is 1. The second-order valence-electron chi connectivity index (χ2n) is 4.36. The highest BCUT2D eigenvalue weighted by atomic mass is 16.1. The number of fused-ring (bicyclic) bond motifs is 1. The monoisotopic (exact) mass is 266 g/mol. The van der Waals surface area contributed by atoms with Gasteiger partial charge in [-0.05, 0) is 11.1 Å². The molecule has 0 amide bonds. The fourth-order valence-electron chi connectivity index (χ4n) is 2.11. The van der Waals surface area contributed by atoms with Crippen molar-refractivity contribution in [3.05, 3.63) is 58.7 Å². The molecule has 3 rings (SSSR count).